The SMILES string of the molecule is CCNC(=NCC1CCCS1)NCCc1ccsc1. The van der Waals surface area contributed by atoms with Crippen molar-refractivity contribution in [2.24, 2.45) is 4.99 Å². The Kier molecular flexibility index (Phi) is 6.57. The third-order valence-electron chi connectivity index (χ3n) is 3.11. The summed E-state index contributed by atoms with van der Waals surface area (Å²) in [5.74, 6) is 2.27. The van der Waals surface area contributed by atoms with Crippen LogP contribution < -0.4 is 10.6 Å². The van der Waals surface area contributed by atoms with Gasteiger partial charge in [-0.15, -0.1) is 0 Å². The van der Waals surface area contributed by atoms with Crippen LogP contribution >= 0.6 is 23.1 Å². The van der Waals surface area contributed by atoms with Gasteiger partial charge >= 0.3 is 0 Å². The van der Waals surface area contributed by atoms with E-state index >= 15 is 0 Å². The topological polar surface area (TPSA) is 36.4 Å². The van der Waals surface area contributed by atoms with Gasteiger partial charge in [0.15, 0.2) is 5.96 Å². The second-order valence-corrected chi connectivity index (χ2v) is 6.85. The molecule has 106 valence electrons. The maximum absolute atomic E-state index is 4.69. The zero-order valence-electron chi connectivity index (χ0n) is 11.5. The Morgan fingerprint density at radius 2 is 2.42 bits per heavy atom. The van der Waals surface area contributed by atoms with Gasteiger partial charge in [-0.25, -0.2) is 0 Å². The normalized spacial score (nSPS) is 19.6. The molecule has 1 aromatic rings. The number of guanidine groups is 1. The van der Waals surface area contributed by atoms with Crippen LogP contribution in [-0.4, -0.2) is 36.6 Å². The molecule has 1 aromatic heterocycles. The smallest absolute Gasteiger partial charge is 0.191 e. The number of thiophene rings is 1. The molecule has 1 aliphatic rings. The van der Waals surface area contributed by atoms with Crippen molar-refractivity contribution >= 4 is 29.1 Å². The zero-order valence-corrected chi connectivity index (χ0v) is 13.2. The lowest BCUT2D eigenvalue weighted by Gasteiger charge is -2.12. The largest absolute Gasteiger partial charge is 0.357 e. The molecule has 0 spiro atoms. The average Bonchev–Trinajstić information content (AvgIpc) is 3.09. The van der Waals surface area contributed by atoms with Crippen LogP contribution in [0.2, 0.25) is 0 Å². The molecular weight excluding hydrogens is 274 g/mol. The van der Waals surface area contributed by atoms with Crippen LogP contribution in [0, 0.1) is 0 Å². The second kappa shape index (κ2) is 8.48. The first kappa shape index (κ1) is 14.7. The van der Waals surface area contributed by atoms with Crippen molar-refractivity contribution in [3.8, 4) is 0 Å². The molecular formula is C14H23N3S2. The van der Waals surface area contributed by atoms with E-state index in [2.05, 4.69) is 46.1 Å². The summed E-state index contributed by atoms with van der Waals surface area (Å²) in [5.41, 5.74) is 1.40. The summed E-state index contributed by atoms with van der Waals surface area (Å²) < 4.78 is 0. The van der Waals surface area contributed by atoms with Gasteiger partial charge in [-0.1, -0.05) is 0 Å². The van der Waals surface area contributed by atoms with E-state index in [1.165, 1.54) is 24.2 Å². The third kappa shape index (κ3) is 5.45. The fourth-order valence-corrected chi connectivity index (χ4v) is 3.97. The highest BCUT2D eigenvalue weighted by atomic mass is 32.2. The molecule has 1 aliphatic heterocycles. The van der Waals surface area contributed by atoms with Crippen molar-refractivity contribution < 1.29 is 0 Å². The van der Waals surface area contributed by atoms with Crippen molar-refractivity contribution in [3.63, 3.8) is 0 Å². The number of thioether (sulfide) groups is 1. The molecule has 1 fully saturated rings. The number of hydrogen-bond acceptors (Lipinski definition) is 3. The van der Waals surface area contributed by atoms with E-state index in [-0.39, 0.29) is 0 Å². The van der Waals surface area contributed by atoms with Gasteiger partial charge in [-0.3, -0.25) is 4.99 Å². The van der Waals surface area contributed by atoms with Crippen LogP contribution in [0.4, 0.5) is 0 Å². The van der Waals surface area contributed by atoms with E-state index in [4.69, 9.17) is 4.99 Å². The summed E-state index contributed by atoms with van der Waals surface area (Å²) in [6.45, 7) is 4.92. The van der Waals surface area contributed by atoms with Gasteiger partial charge < -0.3 is 10.6 Å². The number of nitrogens with zero attached hydrogens (tertiary/aromatic N) is 1. The van der Waals surface area contributed by atoms with E-state index < -0.39 is 0 Å². The number of rotatable bonds is 6. The molecule has 1 saturated heterocycles. The zero-order chi connectivity index (χ0) is 13.3. The van der Waals surface area contributed by atoms with Crippen molar-refractivity contribution in [2.45, 2.75) is 31.4 Å². The lowest BCUT2D eigenvalue weighted by Crippen LogP contribution is -2.38. The first-order valence-corrected chi connectivity index (χ1v) is 9.02. The Labute approximate surface area is 124 Å². The standard InChI is InChI=1S/C14H23N3S2/c1-2-15-14(17-10-13-4-3-8-19-13)16-7-5-12-6-9-18-11-12/h6,9,11,13H,2-5,7-8,10H2,1H3,(H2,15,16,17). The van der Waals surface area contributed by atoms with Crippen LogP contribution in [0.15, 0.2) is 21.8 Å². The van der Waals surface area contributed by atoms with Gasteiger partial charge in [0.05, 0.1) is 6.54 Å². The first-order valence-electron chi connectivity index (χ1n) is 7.03. The van der Waals surface area contributed by atoms with Gasteiger partial charge in [0.25, 0.3) is 0 Å². The molecule has 0 radical (unpaired) electrons. The summed E-state index contributed by atoms with van der Waals surface area (Å²) >= 11 is 3.82. The molecule has 0 aliphatic carbocycles. The molecule has 0 aromatic carbocycles. The van der Waals surface area contributed by atoms with E-state index in [0.717, 1.165) is 37.3 Å². The maximum atomic E-state index is 4.69. The Morgan fingerprint density at radius 1 is 1.47 bits per heavy atom. The molecule has 2 rings (SSSR count). The molecule has 5 heteroatoms. The Balaban J connectivity index is 1.72. The van der Waals surface area contributed by atoms with Gasteiger partial charge in [-0.2, -0.15) is 23.1 Å². The molecule has 0 amide bonds. The van der Waals surface area contributed by atoms with E-state index in [9.17, 15) is 0 Å². The van der Waals surface area contributed by atoms with Gasteiger partial charge in [0.1, 0.15) is 0 Å². The molecule has 1 atom stereocenters. The van der Waals surface area contributed by atoms with Crippen LogP contribution in [-0.2, 0) is 6.42 Å². The molecule has 19 heavy (non-hydrogen) atoms. The minimum Gasteiger partial charge on any atom is -0.357 e. The Hall–Kier alpha value is -0.680. The highest BCUT2D eigenvalue weighted by molar-refractivity contribution is 8.00. The maximum Gasteiger partial charge on any atom is 0.191 e. The average molecular weight is 297 g/mol. The molecule has 0 bridgehead atoms. The van der Waals surface area contributed by atoms with E-state index in [1.54, 1.807) is 11.3 Å². The van der Waals surface area contributed by atoms with E-state index in [0.29, 0.717) is 0 Å². The lowest BCUT2D eigenvalue weighted by atomic mass is 10.2. The van der Waals surface area contributed by atoms with Gasteiger partial charge in [0.2, 0.25) is 0 Å². The molecule has 2 heterocycles. The van der Waals surface area contributed by atoms with Crippen molar-refractivity contribution in [1.82, 2.24) is 10.6 Å². The summed E-state index contributed by atoms with van der Waals surface area (Å²) in [6, 6.07) is 2.19. The number of nitrogens with one attached hydrogen (secondary N) is 2. The number of hydrogen-bond donors (Lipinski definition) is 2. The van der Waals surface area contributed by atoms with Crippen molar-refractivity contribution in [1.29, 1.82) is 0 Å². The Morgan fingerprint density at radius 3 is 3.11 bits per heavy atom. The fourth-order valence-electron chi connectivity index (χ4n) is 2.08. The second-order valence-electron chi connectivity index (χ2n) is 4.66. The Bertz CT molecular complexity index is 370. The summed E-state index contributed by atoms with van der Waals surface area (Å²) in [4.78, 5) is 4.69. The monoisotopic (exact) mass is 297 g/mol. The summed E-state index contributed by atoms with van der Waals surface area (Å²) in [5, 5.41) is 11.8. The predicted octanol–water partition coefficient (Wildman–Crippen LogP) is 2.74. The number of aliphatic imine (C=N–C) groups is 1. The fraction of sp³-hybridized carbons (Fsp3) is 0.643. The van der Waals surface area contributed by atoms with Gasteiger partial charge in [-0.05, 0) is 54.3 Å². The minimum atomic E-state index is 0.729. The van der Waals surface area contributed by atoms with Gasteiger partial charge in [0, 0.05) is 18.3 Å². The van der Waals surface area contributed by atoms with Crippen LogP contribution in [0.1, 0.15) is 25.3 Å². The quantitative estimate of drug-likeness (QED) is 0.626. The minimum absolute atomic E-state index is 0.729. The first-order chi connectivity index (χ1) is 9.38. The summed E-state index contributed by atoms with van der Waals surface area (Å²) in [7, 11) is 0. The van der Waals surface area contributed by atoms with Crippen molar-refractivity contribution in [3.05, 3.63) is 22.4 Å². The van der Waals surface area contributed by atoms with Crippen LogP contribution in [0.25, 0.3) is 0 Å². The molecule has 0 saturated carbocycles. The highest BCUT2D eigenvalue weighted by Crippen LogP contribution is 2.25. The predicted molar refractivity (Wildman–Crippen MR) is 87.5 cm³/mol. The molecule has 3 nitrogen and oxygen atoms in total. The lowest BCUT2D eigenvalue weighted by molar-refractivity contribution is 0.761. The van der Waals surface area contributed by atoms with Crippen molar-refractivity contribution in [2.75, 3.05) is 25.4 Å². The third-order valence-corrected chi connectivity index (χ3v) is 5.22. The molecule has 1 unspecified atom stereocenters. The van der Waals surface area contributed by atoms with E-state index in [1.807, 2.05) is 0 Å². The summed E-state index contributed by atoms with van der Waals surface area (Å²) in [6.07, 6.45) is 3.74. The molecule has 2 N–H and O–H groups in total. The van der Waals surface area contributed by atoms with Crippen LogP contribution in [0.5, 0.6) is 0 Å². The highest BCUT2D eigenvalue weighted by Gasteiger charge is 2.14. The van der Waals surface area contributed by atoms with Crippen LogP contribution in [0.3, 0.4) is 0 Å².